The van der Waals surface area contributed by atoms with Crippen molar-refractivity contribution in [2.45, 2.75) is 52.4 Å². The minimum Gasteiger partial charge on any atom is -0.356 e. The first-order valence-corrected chi connectivity index (χ1v) is 7.21. The van der Waals surface area contributed by atoms with Crippen LogP contribution >= 0.6 is 0 Å². The second-order valence-electron chi connectivity index (χ2n) is 5.33. The highest BCUT2D eigenvalue weighted by atomic mass is 16.1. The second-order valence-corrected chi connectivity index (χ2v) is 5.33. The lowest BCUT2D eigenvalue weighted by molar-refractivity contribution is -0.122. The Hall–Kier alpha value is -0.570. The molecular formula is C14H28N2O. The Morgan fingerprint density at radius 2 is 2.06 bits per heavy atom. The Bertz CT molecular complexity index is 212. The van der Waals surface area contributed by atoms with E-state index in [9.17, 15) is 4.79 Å². The molecule has 0 radical (unpaired) electrons. The average molecular weight is 240 g/mol. The first-order valence-electron chi connectivity index (χ1n) is 7.21. The fraction of sp³-hybridized carbons (Fsp3) is 0.929. The molecule has 1 fully saturated rings. The van der Waals surface area contributed by atoms with E-state index in [1.54, 1.807) is 0 Å². The van der Waals surface area contributed by atoms with Gasteiger partial charge in [-0.05, 0) is 44.2 Å². The Labute approximate surface area is 106 Å². The Morgan fingerprint density at radius 3 is 2.71 bits per heavy atom. The molecule has 0 aliphatic carbocycles. The van der Waals surface area contributed by atoms with Crippen LogP contribution in [-0.4, -0.2) is 25.5 Å². The van der Waals surface area contributed by atoms with E-state index in [0.29, 0.717) is 12.3 Å². The number of hydrogen-bond donors (Lipinski definition) is 2. The van der Waals surface area contributed by atoms with Gasteiger partial charge in [0.25, 0.3) is 0 Å². The third kappa shape index (κ3) is 6.06. The first-order chi connectivity index (χ1) is 8.24. The monoisotopic (exact) mass is 240 g/mol. The molecule has 0 spiro atoms. The van der Waals surface area contributed by atoms with Gasteiger partial charge in [0.05, 0.1) is 0 Å². The predicted octanol–water partition coefficient (Wildman–Crippen LogP) is 2.32. The van der Waals surface area contributed by atoms with Crippen molar-refractivity contribution < 1.29 is 4.79 Å². The molecular weight excluding hydrogens is 212 g/mol. The molecule has 100 valence electrons. The van der Waals surface area contributed by atoms with Gasteiger partial charge in [-0.1, -0.05) is 26.7 Å². The molecule has 2 N–H and O–H groups in total. The molecule has 1 unspecified atom stereocenters. The molecule has 1 amide bonds. The predicted molar refractivity (Wildman–Crippen MR) is 71.9 cm³/mol. The van der Waals surface area contributed by atoms with Gasteiger partial charge in [-0.15, -0.1) is 0 Å². The van der Waals surface area contributed by atoms with Crippen LogP contribution in [0.5, 0.6) is 0 Å². The summed E-state index contributed by atoms with van der Waals surface area (Å²) in [6, 6.07) is 0. The largest absolute Gasteiger partial charge is 0.356 e. The molecule has 0 aromatic carbocycles. The van der Waals surface area contributed by atoms with Crippen LogP contribution in [0.3, 0.4) is 0 Å². The van der Waals surface area contributed by atoms with Crippen molar-refractivity contribution in [3.63, 3.8) is 0 Å². The fourth-order valence-electron chi connectivity index (χ4n) is 2.55. The lowest BCUT2D eigenvalue weighted by Gasteiger charge is -2.27. The minimum absolute atomic E-state index is 0.243. The highest BCUT2D eigenvalue weighted by Gasteiger charge is 2.21. The van der Waals surface area contributed by atoms with Gasteiger partial charge in [0.15, 0.2) is 0 Å². The first kappa shape index (κ1) is 14.5. The number of amides is 1. The lowest BCUT2D eigenvalue weighted by atomic mass is 9.84. The van der Waals surface area contributed by atoms with Crippen LogP contribution in [0.25, 0.3) is 0 Å². The quantitative estimate of drug-likeness (QED) is 0.671. The highest BCUT2D eigenvalue weighted by molar-refractivity contribution is 5.76. The SMILES string of the molecule is CCCCCNC(=O)CC(C)C1CCNCC1. The molecule has 0 saturated carbocycles. The zero-order valence-electron chi connectivity index (χ0n) is 11.4. The van der Waals surface area contributed by atoms with Crippen molar-refractivity contribution in [2.24, 2.45) is 11.8 Å². The maximum Gasteiger partial charge on any atom is 0.220 e. The topological polar surface area (TPSA) is 41.1 Å². The van der Waals surface area contributed by atoms with Crippen LogP contribution in [0.2, 0.25) is 0 Å². The number of piperidine rings is 1. The molecule has 0 aromatic heterocycles. The van der Waals surface area contributed by atoms with Gasteiger partial charge in [-0.2, -0.15) is 0 Å². The summed E-state index contributed by atoms with van der Waals surface area (Å²) in [7, 11) is 0. The van der Waals surface area contributed by atoms with E-state index < -0.39 is 0 Å². The summed E-state index contributed by atoms with van der Waals surface area (Å²) in [5.74, 6) is 1.51. The van der Waals surface area contributed by atoms with Crippen LogP contribution in [0.1, 0.15) is 52.4 Å². The number of hydrogen-bond acceptors (Lipinski definition) is 2. The van der Waals surface area contributed by atoms with E-state index in [2.05, 4.69) is 24.5 Å². The van der Waals surface area contributed by atoms with E-state index in [1.807, 2.05) is 0 Å². The summed E-state index contributed by atoms with van der Waals surface area (Å²) in [5, 5.41) is 6.40. The average Bonchev–Trinajstić information content (AvgIpc) is 2.36. The highest BCUT2D eigenvalue weighted by Crippen LogP contribution is 2.23. The molecule has 0 bridgehead atoms. The zero-order valence-corrected chi connectivity index (χ0v) is 11.4. The third-order valence-electron chi connectivity index (χ3n) is 3.80. The number of nitrogens with one attached hydrogen (secondary N) is 2. The summed E-state index contributed by atoms with van der Waals surface area (Å²) < 4.78 is 0. The molecule has 1 heterocycles. The fourth-order valence-corrected chi connectivity index (χ4v) is 2.55. The molecule has 3 heteroatoms. The van der Waals surface area contributed by atoms with Crippen LogP contribution in [0, 0.1) is 11.8 Å². The number of carbonyl (C=O) groups is 1. The van der Waals surface area contributed by atoms with Gasteiger partial charge in [0, 0.05) is 13.0 Å². The van der Waals surface area contributed by atoms with Gasteiger partial charge in [-0.25, -0.2) is 0 Å². The number of rotatable bonds is 7. The summed E-state index contributed by atoms with van der Waals surface area (Å²) >= 11 is 0. The summed E-state index contributed by atoms with van der Waals surface area (Å²) in [5.41, 5.74) is 0. The van der Waals surface area contributed by atoms with Crippen LogP contribution in [0.4, 0.5) is 0 Å². The van der Waals surface area contributed by atoms with Crippen molar-refractivity contribution in [3.8, 4) is 0 Å². The summed E-state index contributed by atoms with van der Waals surface area (Å²) in [6.07, 6.45) is 6.70. The third-order valence-corrected chi connectivity index (χ3v) is 3.80. The van der Waals surface area contributed by atoms with Crippen molar-refractivity contribution in [1.29, 1.82) is 0 Å². The van der Waals surface area contributed by atoms with Crippen molar-refractivity contribution >= 4 is 5.91 Å². The maximum atomic E-state index is 11.7. The smallest absolute Gasteiger partial charge is 0.220 e. The minimum atomic E-state index is 0.243. The number of unbranched alkanes of at least 4 members (excludes halogenated alkanes) is 2. The van der Waals surface area contributed by atoms with Crippen LogP contribution < -0.4 is 10.6 Å². The van der Waals surface area contributed by atoms with E-state index in [-0.39, 0.29) is 5.91 Å². The van der Waals surface area contributed by atoms with Crippen molar-refractivity contribution in [2.75, 3.05) is 19.6 Å². The second kappa shape index (κ2) is 8.51. The Kier molecular flexibility index (Phi) is 7.25. The molecule has 1 atom stereocenters. The molecule has 0 aromatic rings. The molecule has 3 nitrogen and oxygen atoms in total. The Morgan fingerprint density at radius 1 is 1.35 bits per heavy atom. The molecule has 17 heavy (non-hydrogen) atoms. The standard InChI is InChI=1S/C14H28N2O/c1-3-4-5-8-16-14(17)11-12(2)13-6-9-15-10-7-13/h12-13,15H,3-11H2,1-2H3,(H,16,17). The van der Waals surface area contributed by atoms with Crippen molar-refractivity contribution in [3.05, 3.63) is 0 Å². The molecule has 1 saturated heterocycles. The number of carbonyl (C=O) groups excluding carboxylic acids is 1. The van der Waals surface area contributed by atoms with E-state index >= 15 is 0 Å². The normalized spacial score (nSPS) is 18.9. The molecule has 1 aliphatic rings. The van der Waals surface area contributed by atoms with Crippen molar-refractivity contribution in [1.82, 2.24) is 10.6 Å². The molecule has 1 aliphatic heterocycles. The van der Waals surface area contributed by atoms with E-state index in [4.69, 9.17) is 0 Å². The maximum absolute atomic E-state index is 11.7. The Balaban J connectivity index is 2.11. The lowest BCUT2D eigenvalue weighted by Crippen LogP contribution is -2.33. The van der Waals surface area contributed by atoms with E-state index in [1.165, 1.54) is 25.7 Å². The van der Waals surface area contributed by atoms with E-state index in [0.717, 1.165) is 32.0 Å². The van der Waals surface area contributed by atoms with Gasteiger partial charge >= 0.3 is 0 Å². The van der Waals surface area contributed by atoms with Gasteiger partial charge in [0.2, 0.25) is 5.91 Å². The van der Waals surface area contributed by atoms with Gasteiger partial charge < -0.3 is 10.6 Å². The molecule has 1 rings (SSSR count). The summed E-state index contributed by atoms with van der Waals surface area (Å²) in [4.78, 5) is 11.7. The van der Waals surface area contributed by atoms with Gasteiger partial charge in [0.1, 0.15) is 0 Å². The summed E-state index contributed by atoms with van der Waals surface area (Å²) in [6.45, 7) is 7.49. The van der Waals surface area contributed by atoms with Crippen LogP contribution in [-0.2, 0) is 4.79 Å². The van der Waals surface area contributed by atoms with Gasteiger partial charge in [-0.3, -0.25) is 4.79 Å². The van der Waals surface area contributed by atoms with Crippen LogP contribution in [0.15, 0.2) is 0 Å². The zero-order chi connectivity index (χ0) is 12.5.